The van der Waals surface area contributed by atoms with E-state index in [1.165, 1.54) is 4.90 Å². The average molecular weight is 353 g/mol. The van der Waals surface area contributed by atoms with Crippen LogP contribution in [0.1, 0.15) is 44.8 Å². The van der Waals surface area contributed by atoms with E-state index < -0.39 is 0 Å². The number of nitrogens with zero attached hydrogens (tertiary/aromatic N) is 1. The first kappa shape index (κ1) is 18.2. The molecule has 1 aliphatic heterocycles. The van der Waals surface area contributed by atoms with Crippen molar-refractivity contribution in [1.29, 1.82) is 0 Å². The van der Waals surface area contributed by atoms with Gasteiger partial charge in [0.2, 0.25) is 0 Å². The fourth-order valence-electron chi connectivity index (χ4n) is 2.99. The molecule has 0 atom stereocenters. The van der Waals surface area contributed by atoms with Gasteiger partial charge in [0.15, 0.2) is 0 Å². The molecule has 3 nitrogen and oxygen atoms in total. The first-order valence-corrected chi connectivity index (χ1v) is 8.30. The average Bonchev–Trinajstić information content (AvgIpc) is 2.91. The summed E-state index contributed by atoms with van der Waals surface area (Å²) in [5.74, 6) is 5.53. The Kier molecular flexibility index (Phi) is 4.92. The van der Waals surface area contributed by atoms with Crippen molar-refractivity contribution in [3.05, 3.63) is 101 Å². The molecule has 0 saturated heterocycles. The van der Waals surface area contributed by atoms with E-state index in [0.717, 1.165) is 11.1 Å². The van der Waals surface area contributed by atoms with Gasteiger partial charge in [-0.15, -0.1) is 0 Å². The number of imide groups is 1. The Balaban J connectivity index is 0.00000210. The Bertz CT molecular complexity index is 1090. The number of carbonyl (C=O) groups is 2. The molecule has 0 bridgehead atoms. The minimum atomic E-state index is -0.307. The topological polar surface area (TPSA) is 37.4 Å². The molecular weight excluding hydrogens is 334 g/mol. The van der Waals surface area contributed by atoms with E-state index in [2.05, 4.69) is 11.8 Å². The summed E-state index contributed by atoms with van der Waals surface area (Å²) in [4.78, 5) is 26.7. The highest BCUT2D eigenvalue weighted by molar-refractivity contribution is 6.34. The third-order valence-electron chi connectivity index (χ3n) is 4.27. The lowest BCUT2D eigenvalue weighted by atomic mass is 10.1. The van der Waals surface area contributed by atoms with Crippen LogP contribution >= 0.6 is 0 Å². The minimum absolute atomic E-state index is 0. The molecule has 1 heterocycles. The van der Waals surface area contributed by atoms with Gasteiger partial charge in [-0.2, -0.15) is 0 Å². The zero-order valence-corrected chi connectivity index (χ0v) is 14.2. The third-order valence-corrected chi connectivity index (χ3v) is 4.27. The highest BCUT2D eigenvalue weighted by Crippen LogP contribution is 2.29. The molecule has 0 aromatic heterocycles. The second-order valence-electron chi connectivity index (χ2n) is 6.16. The first-order chi connectivity index (χ1) is 12.6. The second kappa shape index (κ2) is 7.31. The molecule has 3 aromatic rings. The van der Waals surface area contributed by atoms with Crippen LogP contribution in [-0.4, -0.2) is 11.8 Å². The fraction of sp³-hybridized carbons (Fsp3) is 0.0833. The zero-order chi connectivity index (χ0) is 18.1. The SMILES string of the molecule is C.Cc1cccc(N2C(=O)c3ccc(C#Cc4ccccc4)cc3C2=O)c1. The number of amides is 2. The molecule has 0 spiro atoms. The number of carbonyl (C=O) groups excluding carboxylic acids is 2. The van der Waals surface area contributed by atoms with Crippen molar-refractivity contribution in [2.24, 2.45) is 0 Å². The van der Waals surface area contributed by atoms with Crippen LogP contribution in [0.5, 0.6) is 0 Å². The highest BCUT2D eigenvalue weighted by atomic mass is 16.2. The zero-order valence-electron chi connectivity index (χ0n) is 14.2. The van der Waals surface area contributed by atoms with Gasteiger partial charge in [0.1, 0.15) is 0 Å². The predicted octanol–water partition coefficient (Wildman–Crippen LogP) is 4.83. The molecule has 27 heavy (non-hydrogen) atoms. The summed E-state index contributed by atoms with van der Waals surface area (Å²) < 4.78 is 0. The van der Waals surface area contributed by atoms with Crippen molar-refractivity contribution in [3.8, 4) is 11.8 Å². The maximum absolute atomic E-state index is 12.8. The quantitative estimate of drug-likeness (QED) is 0.464. The molecule has 0 N–H and O–H groups in total. The van der Waals surface area contributed by atoms with Crippen molar-refractivity contribution in [1.82, 2.24) is 0 Å². The van der Waals surface area contributed by atoms with Gasteiger partial charge in [0, 0.05) is 11.1 Å². The van der Waals surface area contributed by atoms with Crippen LogP contribution in [0.25, 0.3) is 0 Å². The predicted molar refractivity (Wildman–Crippen MR) is 108 cm³/mol. The number of benzene rings is 3. The highest BCUT2D eigenvalue weighted by Gasteiger charge is 2.36. The monoisotopic (exact) mass is 353 g/mol. The van der Waals surface area contributed by atoms with Crippen molar-refractivity contribution in [2.75, 3.05) is 4.90 Å². The van der Waals surface area contributed by atoms with E-state index in [-0.39, 0.29) is 19.2 Å². The summed E-state index contributed by atoms with van der Waals surface area (Å²) in [6.45, 7) is 1.93. The van der Waals surface area contributed by atoms with E-state index in [9.17, 15) is 9.59 Å². The van der Waals surface area contributed by atoms with Crippen LogP contribution in [0.15, 0.2) is 72.8 Å². The number of fused-ring (bicyclic) bond motifs is 1. The van der Waals surface area contributed by atoms with Gasteiger partial charge >= 0.3 is 0 Å². The van der Waals surface area contributed by atoms with Crippen LogP contribution in [0.2, 0.25) is 0 Å². The Morgan fingerprint density at radius 2 is 1.41 bits per heavy atom. The van der Waals surface area contributed by atoms with E-state index in [1.807, 2.05) is 55.5 Å². The number of hydrogen-bond acceptors (Lipinski definition) is 2. The molecule has 0 fully saturated rings. The van der Waals surface area contributed by atoms with Gasteiger partial charge in [0.05, 0.1) is 16.8 Å². The van der Waals surface area contributed by atoms with Crippen molar-refractivity contribution in [2.45, 2.75) is 14.4 Å². The van der Waals surface area contributed by atoms with Crippen LogP contribution in [0, 0.1) is 18.8 Å². The Hall–Kier alpha value is -3.64. The molecule has 0 aliphatic carbocycles. The molecule has 0 radical (unpaired) electrons. The minimum Gasteiger partial charge on any atom is -0.268 e. The van der Waals surface area contributed by atoms with Gasteiger partial charge in [-0.3, -0.25) is 9.59 Å². The lowest BCUT2D eigenvalue weighted by Crippen LogP contribution is -2.29. The molecule has 1 aliphatic rings. The maximum atomic E-state index is 12.8. The van der Waals surface area contributed by atoms with E-state index in [1.54, 1.807) is 24.3 Å². The first-order valence-electron chi connectivity index (χ1n) is 8.30. The summed E-state index contributed by atoms with van der Waals surface area (Å²) in [5, 5.41) is 0. The molecule has 2 amide bonds. The fourth-order valence-corrected chi connectivity index (χ4v) is 2.99. The maximum Gasteiger partial charge on any atom is 0.266 e. The van der Waals surface area contributed by atoms with E-state index in [0.29, 0.717) is 22.4 Å². The summed E-state index contributed by atoms with van der Waals surface area (Å²) >= 11 is 0. The number of aryl methyl sites for hydroxylation is 1. The van der Waals surface area contributed by atoms with Gasteiger partial charge < -0.3 is 0 Å². The number of anilines is 1. The second-order valence-corrected chi connectivity index (χ2v) is 6.16. The largest absolute Gasteiger partial charge is 0.268 e. The summed E-state index contributed by atoms with van der Waals surface area (Å²) in [7, 11) is 0. The summed E-state index contributed by atoms with van der Waals surface area (Å²) in [6.07, 6.45) is 0. The molecule has 3 aromatic carbocycles. The molecule has 4 rings (SSSR count). The lowest BCUT2D eigenvalue weighted by Gasteiger charge is -2.14. The van der Waals surface area contributed by atoms with E-state index >= 15 is 0 Å². The van der Waals surface area contributed by atoms with Gasteiger partial charge in [-0.25, -0.2) is 4.90 Å². The van der Waals surface area contributed by atoms with Crippen LogP contribution in [0.3, 0.4) is 0 Å². The molecule has 3 heteroatoms. The van der Waals surface area contributed by atoms with Crippen molar-refractivity contribution >= 4 is 17.5 Å². The summed E-state index contributed by atoms with van der Waals surface area (Å²) in [6, 6.07) is 22.2. The Morgan fingerprint density at radius 1 is 0.704 bits per heavy atom. The van der Waals surface area contributed by atoms with Crippen LogP contribution in [0.4, 0.5) is 5.69 Å². The number of hydrogen-bond donors (Lipinski definition) is 0. The van der Waals surface area contributed by atoms with Gasteiger partial charge in [-0.05, 0) is 55.0 Å². The van der Waals surface area contributed by atoms with Gasteiger partial charge in [-0.1, -0.05) is 49.6 Å². The van der Waals surface area contributed by atoms with Crippen molar-refractivity contribution < 1.29 is 9.59 Å². The smallest absolute Gasteiger partial charge is 0.266 e. The van der Waals surface area contributed by atoms with Crippen molar-refractivity contribution in [3.63, 3.8) is 0 Å². The Morgan fingerprint density at radius 3 is 2.15 bits per heavy atom. The lowest BCUT2D eigenvalue weighted by molar-refractivity contribution is 0.0926. The summed E-state index contributed by atoms with van der Waals surface area (Å²) in [5.41, 5.74) is 4.01. The third kappa shape index (κ3) is 3.38. The Labute approximate surface area is 159 Å². The standard InChI is InChI=1S/C23H15NO2.CH4/c1-16-6-5-9-19(14-16)24-22(25)20-13-12-18(15-21(20)23(24)26)11-10-17-7-3-2-4-8-17;/h2-9,12-15H,1H3;1H4. The van der Waals surface area contributed by atoms with Gasteiger partial charge in [0.25, 0.3) is 11.8 Å². The molecule has 132 valence electrons. The van der Waals surface area contributed by atoms with Crippen LogP contribution in [-0.2, 0) is 0 Å². The molecule has 0 unspecified atom stereocenters. The normalized spacial score (nSPS) is 12.1. The molecule has 0 saturated carbocycles. The molecular formula is C24H19NO2. The van der Waals surface area contributed by atoms with Crippen LogP contribution < -0.4 is 4.90 Å². The number of rotatable bonds is 1. The van der Waals surface area contributed by atoms with E-state index in [4.69, 9.17) is 0 Å².